The van der Waals surface area contributed by atoms with Crippen LogP contribution in [0.5, 0.6) is 5.75 Å². The highest BCUT2D eigenvalue weighted by molar-refractivity contribution is 5.96. The van der Waals surface area contributed by atoms with Crippen LogP contribution in [0.1, 0.15) is 22.8 Å². The van der Waals surface area contributed by atoms with Gasteiger partial charge in [-0.2, -0.15) is 0 Å². The van der Waals surface area contributed by atoms with Gasteiger partial charge in [-0.3, -0.25) is 14.4 Å². The van der Waals surface area contributed by atoms with Crippen molar-refractivity contribution in [1.82, 2.24) is 0 Å². The minimum Gasteiger partial charge on any atom is -0.496 e. The van der Waals surface area contributed by atoms with Crippen molar-refractivity contribution in [2.45, 2.75) is 19.4 Å². The fourth-order valence-corrected chi connectivity index (χ4v) is 2.26. The Kier molecular flexibility index (Phi) is 6.32. The number of hydrogen-bond acceptors (Lipinski definition) is 5. The van der Waals surface area contributed by atoms with Crippen molar-refractivity contribution < 1.29 is 23.9 Å². The van der Waals surface area contributed by atoms with Gasteiger partial charge in [-0.05, 0) is 37.3 Å². The SMILES string of the molecule is COc1ccccc1CC(=O)OC(C)C(=O)Nc1ccc(C(N)=O)cc1. The van der Waals surface area contributed by atoms with Crippen LogP contribution < -0.4 is 15.8 Å². The first-order valence-corrected chi connectivity index (χ1v) is 7.93. The van der Waals surface area contributed by atoms with Gasteiger partial charge >= 0.3 is 5.97 Å². The summed E-state index contributed by atoms with van der Waals surface area (Å²) in [4.78, 5) is 35.2. The Morgan fingerprint density at radius 3 is 2.35 bits per heavy atom. The van der Waals surface area contributed by atoms with E-state index in [0.29, 0.717) is 22.6 Å². The Morgan fingerprint density at radius 2 is 1.73 bits per heavy atom. The Labute approximate surface area is 151 Å². The van der Waals surface area contributed by atoms with Crippen LogP contribution in [0.3, 0.4) is 0 Å². The minimum absolute atomic E-state index is 0.00502. The van der Waals surface area contributed by atoms with Gasteiger partial charge in [-0.15, -0.1) is 0 Å². The van der Waals surface area contributed by atoms with Crippen LogP contribution in [-0.4, -0.2) is 31.0 Å². The fraction of sp³-hybridized carbons (Fsp3) is 0.211. The number of para-hydroxylation sites is 1. The Balaban J connectivity index is 1.91. The minimum atomic E-state index is -0.979. The molecular formula is C19H20N2O5. The van der Waals surface area contributed by atoms with E-state index >= 15 is 0 Å². The average Bonchev–Trinajstić information content (AvgIpc) is 2.62. The van der Waals surface area contributed by atoms with Gasteiger partial charge in [0.2, 0.25) is 5.91 Å². The molecule has 7 heteroatoms. The first kappa shape index (κ1) is 19.0. The highest BCUT2D eigenvalue weighted by Gasteiger charge is 2.19. The molecule has 1 atom stereocenters. The highest BCUT2D eigenvalue weighted by atomic mass is 16.5. The van der Waals surface area contributed by atoms with Gasteiger partial charge in [-0.1, -0.05) is 18.2 Å². The molecule has 0 saturated heterocycles. The smallest absolute Gasteiger partial charge is 0.311 e. The van der Waals surface area contributed by atoms with Gasteiger partial charge in [0.15, 0.2) is 6.10 Å². The van der Waals surface area contributed by atoms with Crippen molar-refractivity contribution in [3.8, 4) is 5.75 Å². The van der Waals surface area contributed by atoms with Crippen LogP contribution in [0.2, 0.25) is 0 Å². The van der Waals surface area contributed by atoms with Crippen molar-refractivity contribution in [3.05, 3.63) is 59.7 Å². The van der Waals surface area contributed by atoms with Crippen LogP contribution in [0.25, 0.3) is 0 Å². The normalized spacial score (nSPS) is 11.3. The predicted octanol–water partition coefficient (Wildman–Crippen LogP) is 1.91. The number of methoxy groups -OCH3 is 1. The van der Waals surface area contributed by atoms with Crippen molar-refractivity contribution >= 4 is 23.5 Å². The third kappa shape index (κ3) is 5.07. The number of carbonyl (C=O) groups excluding carboxylic acids is 3. The Bertz CT molecular complexity index is 802. The third-order valence-electron chi connectivity index (χ3n) is 3.64. The molecule has 2 amide bonds. The number of primary amides is 1. The molecule has 0 spiro atoms. The molecular weight excluding hydrogens is 336 g/mol. The molecule has 0 bridgehead atoms. The maximum absolute atomic E-state index is 12.1. The molecule has 2 rings (SSSR count). The molecule has 0 aliphatic carbocycles. The lowest BCUT2D eigenvalue weighted by Crippen LogP contribution is -2.30. The molecule has 2 aromatic rings. The molecule has 0 radical (unpaired) electrons. The molecule has 0 aromatic heterocycles. The van der Waals surface area contributed by atoms with E-state index in [9.17, 15) is 14.4 Å². The maximum atomic E-state index is 12.1. The van der Waals surface area contributed by atoms with E-state index in [2.05, 4.69) is 5.32 Å². The zero-order chi connectivity index (χ0) is 19.1. The van der Waals surface area contributed by atoms with Crippen LogP contribution in [-0.2, 0) is 20.7 Å². The quantitative estimate of drug-likeness (QED) is 0.737. The second-order valence-electron chi connectivity index (χ2n) is 5.55. The number of nitrogens with one attached hydrogen (secondary N) is 1. The highest BCUT2D eigenvalue weighted by Crippen LogP contribution is 2.18. The van der Waals surface area contributed by atoms with Crippen molar-refractivity contribution in [2.24, 2.45) is 5.73 Å². The van der Waals surface area contributed by atoms with Crippen LogP contribution in [0.4, 0.5) is 5.69 Å². The zero-order valence-corrected chi connectivity index (χ0v) is 14.5. The largest absolute Gasteiger partial charge is 0.496 e. The first-order chi connectivity index (χ1) is 12.4. The summed E-state index contributed by atoms with van der Waals surface area (Å²) in [5, 5.41) is 2.61. The van der Waals surface area contributed by atoms with Crippen molar-refractivity contribution in [1.29, 1.82) is 0 Å². The van der Waals surface area contributed by atoms with E-state index in [1.165, 1.54) is 26.2 Å². The topological polar surface area (TPSA) is 108 Å². The lowest BCUT2D eigenvalue weighted by molar-refractivity contribution is -0.152. The zero-order valence-electron chi connectivity index (χ0n) is 14.5. The van der Waals surface area contributed by atoms with Gasteiger partial charge in [0, 0.05) is 16.8 Å². The second kappa shape index (κ2) is 8.66. The number of esters is 1. The van der Waals surface area contributed by atoms with Gasteiger partial charge < -0.3 is 20.5 Å². The summed E-state index contributed by atoms with van der Waals surface area (Å²) in [6, 6.07) is 13.2. The standard InChI is InChI=1S/C19H20N2O5/c1-12(19(24)21-15-9-7-13(8-10-15)18(20)23)26-17(22)11-14-5-3-4-6-16(14)25-2/h3-10,12H,11H2,1-2H3,(H2,20,23)(H,21,24). The molecule has 3 N–H and O–H groups in total. The van der Waals surface area contributed by atoms with E-state index in [4.69, 9.17) is 15.2 Å². The lowest BCUT2D eigenvalue weighted by atomic mass is 10.1. The lowest BCUT2D eigenvalue weighted by Gasteiger charge is -2.14. The number of nitrogens with two attached hydrogens (primary N) is 1. The molecule has 0 saturated carbocycles. The molecule has 136 valence electrons. The van der Waals surface area contributed by atoms with E-state index in [-0.39, 0.29) is 6.42 Å². The number of carbonyl (C=O) groups is 3. The molecule has 2 aromatic carbocycles. The number of ether oxygens (including phenoxy) is 2. The average molecular weight is 356 g/mol. The number of hydrogen-bond donors (Lipinski definition) is 2. The van der Waals surface area contributed by atoms with Crippen LogP contribution in [0, 0.1) is 0 Å². The predicted molar refractivity (Wildman–Crippen MR) is 95.8 cm³/mol. The summed E-state index contributed by atoms with van der Waals surface area (Å²) in [6.07, 6.45) is -0.984. The summed E-state index contributed by atoms with van der Waals surface area (Å²) in [6.45, 7) is 1.48. The molecule has 0 fully saturated rings. The van der Waals surface area contributed by atoms with Crippen LogP contribution in [0.15, 0.2) is 48.5 Å². The third-order valence-corrected chi connectivity index (χ3v) is 3.64. The molecule has 7 nitrogen and oxygen atoms in total. The summed E-state index contributed by atoms with van der Waals surface area (Å²) in [5.74, 6) is -0.996. The summed E-state index contributed by atoms with van der Waals surface area (Å²) < 4.78 is 10.4. The molecule has 0 heterocycles. The van der Waals surface area contributed by atoms with E-state index in [0.717, 1.165) is 0 Å². The van der Waals surface area contributed by atoms with Crippen molar-refractivity contribution in [2.75, 3.05) is 12.4 Å². The van der Waals surface area contributed by atoms with Crippen molar-refractivity contribution in [3.63, 3.8) is 0 Å². The fourth-order valence-electron chi connectivity index (χ4n) is 2.26. The number of amides is 2. The summed E-state index contributed by atoms with van der Waals surface area (Å²) >= 11 is 0. The molecule has 1 unspecified atom stereocenters. The van der Waals surface area contributed by atoms with Gasteiger partial charge in [0.05, 0.1) is 13.5 Å². The number of benzene rings is 2. The number of rotatable bonds is 7. The Morgan fingerprint density at radius 1 is 1.08 bits per heavy atom. The Hall–Kier alpha value is -3.35. The molecule has 0 aliphatic heterocycles. The van der Waals surface area contributed by atoms with Gasteiger partial charge in [-0.25, -0.2) is 0 Å². The summed E-state index contributed by atoms with van der Waals surface area (Å²) in [7, 11) is 1.52. The molecule has 0 aliphatic rings. The second-order valence-corrected chi connectivity index (χ2v) is 5.55. The van der Waals surface area contributed by atoms with E-state index < -0.39 is 23.9 Å². The van der Waals surface area contributed by atoms with E-state index in [1.54, 1.807) is 36.4 Å². The first-order valence-electron chi connectivity index (χ1n) is 7.93. The van der Waals surface area contributed by atoms with Gasteiger partial charge in [0.25, 0.3) is 5.91 Å². The maximum Gasteiger partial charge on any atom is 0.311 e. The van der Waals surface area contributed by atoms with Crippen LogP contribution >= 0.6 is 0 Å². The monoisotopic (exact) mass is 356 g/mol. The number of anilines is 1. The van der Waals surface area contributed by atoms with E-state index in [1.807, 2.05) is 0 Å². The van der Waals surface area contributed by atoms with Gasteiger partial charge in [0.1, 0.15) is 5.75 Å². The summed E-state index contributed by atoms with van der Waals surface area (Å²) in [5.41, 5.74) is 6.63. The molecule has 26 heavy (non-hydrogen) atoms.